The zero-order valence-electron chi connectivity index (χ0n) is 13.6. The minimum Gasteiger partial charge on any atom is -0.384 e. The number of hydrogen-bond acceptors (Lipinski definition) is 7. The Kier molecular flexibility index (Phi) is 3.73. The van der Waals surface area contributed by atoms with E-state index in [0.717, 1.165) is 48.7 Å². The number of hydrogen-bond donors (Lipinski definition) is 1. The van der Waals surface area contributed by atoms with Crippen LogP contribution in [0.4, 0.5) is 11.6 Å². The van der Waals surface area contributed by atoms with Crippen LogP contribution < -0.4 is 10.6 Å². The van der Waals surface area contributed by atoms with Crippen molar-refractivity contribution in [2.75, 3.05) is 43.9 Å². The molecule has 8 nitrogen and oxygen atoms in total. The molecule has 4 rings (SSSR count). The Bertz CT molecular complexity index is 850. The van der Waals surface area contributed by atoms with E-state index in [-0.39, 0.29) is 0 Å². The zero-order valence-corrected chi connectivity index (χ0v) is 13.6. The fraction of sp³-hybridized carbons (Fsp3) is 0.375. The molecule has 24 heavy (non-hydrogen) atoms. The summed E-state index contributed by atoms with van der Waals surface area (Å²) in [5.41, 5.74) is 7.44. The Morgan fingerprint density at radius 1 is 1.12 bits per heavy atom. The number of rotatable bonds is 3. The molecule has 1 fully saturated rings. The maximum atomic E-state index is 5.76. The summed E-state index contributed by atoms with van der Waals surface area (Å²) >= 11 is 0. The molecule has 0 spiro atoms. The highest BCUT2D eigenvalue weighted by atomic mass is 15.3. The standard InChI is InChI=1S/C16H20N8/c1-22-5-7-23(8-6-22)15-13-9-20-24(16(13)19-11-18-15)10-12-3-2-4-14(17)21-12/h2-4,9,11H,5-8,10H2,1H3,(H2,17,21). The maximum absolute atomic E-state index is 5.76. The van der Waals surface area contributed by atoms with Crippen LogP contribution in [0.2, 0.25) is 0 Å². The van der Waals surface area contributed by atoms with Gasteiger partial charge in [-0.3, -0.25) is 0 Å². The van der Waals surface area contributed by atoms with E-state index in [1.165, 1.54) is 0 Å². The summed E-state index contributed by atoms with van der Waals surface area (Å²) in [6.45, 7) is 4.53. The van der Waals surface area contributed by atoms with Gasteiger partial charge < -0.3 is 15.5 Å². The quantitative estimate of drug-likeness (QED) is 0.755. The van der Waals surface area contributed by atoms with Gasteiger partial charge in [-0.25, -0.2) is 19.6 Å². The predicted molar refractivity (Wildman–Crippen MR) is 92.8 cm³/mol. The highest BCUT2D eigenvalue weighted by molar-refractivity contribution is 5.86. The molecule has 0 aliphatic carbocycles. The van der Waals surface area contributed by atoms with Crippen molar-refractivity contribution < 1.29 is 0 Å². The molecular weight excluding hydrogens is 304 g/mol. The molecule has 0 bridgehead atoms. The molecule has 0 saturated carbocycles. The van der Waals surface area contributed by atoms with Crippen molar-refractivity contribution in [2.24, 2.45) is 0 Å². The molecule has 3 aromatic rings. The highest BCUT2D eigenvalue weighted by Crippen LogP contribution is 2.23. The Hall–Kier alpha value is -2.74. The van der Waals surface area contributed by atoms with Gasteiger partial charge in [0.05, 0.1) is 23.8 Å². The van der Waals surface area contributed by atoms with Crippen LogP contribution in [-0.2, 0) is 6.54 Å². The van der Waals surface area contributed by atoms with Gasteiger partial charge in [0.15, 0.2) is 5.65 Å². The summed E-state index contributed by atoms with van der Waals surface area (Å²) in [6.07, 6.45) is 3.45. The number of nitrogens with zero attached hydrogens (tertiary/aromatic N) is 7. The molecule has 0 unspecified atom stereocenters. The van der Waals surface area contributed by atoms with Crippen LogP contribution in [0.3, 0.4) is 0 Å². The van der Waals surface area contributed by atoms with Crippen LogP contribution in [0.15, 0.2) is 30.7 Å². The minimum absolute atomic E-state index is 0.511. The smallest absolute Gasteiger partial charge is 0.163 e. The van der Waals surface area contributed by atoms with Crippen molar-refractivity contribution in [3.05, 3.63) is 36.4 Å². The summed E-state index contributed by atoms with van der Waals surface area (Å²) in [5.74, 6) is 1.47. The third-order valence-electron chi connectivity index (χ3n) is 4.36. The van der Waals surface area contributed by atoms with Crippen molar-refractivity contribution in [1.29, 1.82) is 0 Å². The summed E-state index contributed by atoms with van der Waals surface area (Å²) in [4.78, 5) is 17.9. The maximum Gasteiger partial charge on any atom is 0.163 e. The van der Waals surface area contributed by atoms with Crippen molar-refractivity contribution in [3.63, 3.8) is 0 Å². The zero-order chi connectivity index (χ0) is 16.5. The SMILES string of the molecule is CN1CCN(c2ncnc3c2cnn3Cc2cccc(N)n2)CC1. The molecule has 8 heteroatoms. The van der Waals surface area contributed by atoms with E-state index >= 15 is 0 Å². The normalized spacial score (nSPS) is 16.0. The summed E-state index contributed by atoms with van der Waals surface area (Å²) in [5, 5.41) is 5.46. The second kappa shape index (κ2) is 6.04. The third-order valence-corrected chi connectivity index (χ3v) is 4.36. The predicted octanol–water partition coefficient (Wildman–Crippen LogP) is 0.604. The van der Waals surface area contributed by atoms with E-state index in [1.54, 1.807) is 12.4 Å². The second-order valence-corrected chi connectivity index (χ2v) is 6.08. The minimum atomic E-state index is 0.511. The number of likely N-dealkylation sites (N-methyl/N-ethyl adjacent to an activating group) is 1. The number of nitrogens with two attached hydrogens (primary N) is 1. The second-order valence-electron chi connectivity index (χ2n) is 6.08. The molecule has 1 aliphatic heterocycles. The van der Waals surface area contributed by atoms with Gasteiger partial charge in [-0.2, -0.15) is 5.10 Å². The van der Waals surface area contributed by atoms with Gasteiger partial charge in [0, 0.05) is 26.2 Å². The monoisotopic (exact) mass is 324 g/mol. The van der Waals surface area contributed by atoms with Crippen LogP contribution in [-0.4, -0.2) is 62.9 Å². The van der Waals surface area contributed by atoms with Gasteiger partial charge in [0.1, 0.15) is 18.0 Å². The molecule has 3 aromatic heterocycles. The van der Waals surface area contributed by atoms with Crippen LogP contribution in [0.5, 0.6) is 0 Å². The molecule has 1 aliphatic rings. The summed E-state index contributed by atoms with van der Waals surface area (Å²) < 4.78 is 1.85. The first kappa shape index (κ1) is 14.8. The molecule has 0 amide bonds. The number of anilines is 2. The van der Waals surface area contributed by atoms with E-state index in [1.807, 2.05) is 23.0 Å². The van der Waals surface area contributed by atoms with Crippen molar-refractivity contribution >= 4 is 22.7 Å². The molecule has 124 valence electrons. The van der Waals surface area contributed by atoms with Gasteiger partial charge in [-0.1, -0.05) is 6.07 Å². The van der Waals surface area contributed by atoms with E-state index in [0.29, 0.717) is 12.4 Å². The fourth-order valence-corrected chi connectivity index (χ4v) is 3.01. The van der Waals surface area contributed by atoms with E-state index in [9.17, 15) is 0 Å². The first-order chi connectivity index (χ1) is 11.7. The molecule has 0 atom stereocenters. The summed E-state index contributed by atoms with van der Waals surface area (Å²) in [6, 6.07) is 5.61. The lowest BCUT2D eigenvalue weighted by Gasteiger charge is -2.33. The summed E-state index contributed by atoms with van der Waals surface area (Å²) in [7, 11) is 2.14. The lowest BCUT2D eigenvalue weighted by Crippen LogP contribution is -2.44. The Balaban J connectivity index is 1.66. The van der Waals surface area contributed by atoms with Gasteiger partial charge in [-0.15, -0.1) is 0 Å². The van der Waals surface area contributed by atoms with Crippen LogP contribution in [0.25, 0.3) is 11.0 Å². The molecule has 0 radical (unpaired) electrons. The average molecular weight is 324 g/mol. The molecule has 1 saturated heterocycles. The lowest BCUT2D eigenvalue weighted by molar-refractivity contribution is 0.312. The topological polar surface area (TPSA) is 89.0 Å². The van der Waals surface area contributed by atoms with E-state index in [2.05, 4.69) is 36.9 Å². The van der Waals surface area contributed by atoms with Gasteiger partial charge in [-0.05, 0) is 19.2 Å². The molecule has 2 N–H and O–H groups in total. The van der Waals surface area contributed by atoms with Crippen LogP contribution >= 0.6 is 0 Å². The largest absolute Gasteiger partial charge is 0.384 e. The van der Waals surface area contributed by atoms with Crippen molar-refractivity contribution in [3.8, 4) is 0 Å². The first-order valence-electron chi connectivity index (χ1n) is 8.02. The van der Waals surface area contributed by atoms with Gasteiger partial charge >= 0.3 is 0 Å². The first-order valence-corrected chi connectivity index (χ1v) is 8.02. The number of piperazine rings is 1. The fourth-order valence-electron chi connectivity index (χ4n) is 3.01. The lowest BCUT2D eigenvalue weighted by atomic mass is 10.3. The molecule has 4 heterocycles. The number of fused-ring (bicyclic) bond motifs is 1. The van der Waals surface area contributed by atoms with Crippen LogP contribution in [0, 0.1) is 0 Å². The van der Waals surface area contributed by atoms with Gasteiger partial charge in [0.2, 0.25) is 0 Å². The van der Waals surface area contributed by atoms with Crippen molar-refractivity contribution in [2.45, 2.75) is 6.54 Å². The Morgan fingerprint density at radius 2 is 1.96 bits per heavy atom. The Labute approximate surface area is 139 Å². The third kappa shape index (κ3) is 2.76. The molecular formula is C16H20N8. The van der Waals surface area contributed by atoms with Crippen LogP contribution in [0.1, 0.15) is 5.69 Å². The van der Waals surface area contributed by atoms with E-state index < -0.39 is 0 Å². The van der Waals surface area contributed by atoms with E-state index in [4.69, 9.17) is 5.73 Å². The Morgan fingerprint density at radius 3 is 2.75 bits per heavy atom. The number of pyridine rings is 1. The van der Waals surface area contributed by atoms with Crippen molar-refractivity contribution in [1.82, 2.24) is 29.6 Å². The van der Waals surface area contributed by atoms with Gasteiger partial charge in [0.25, 0.3) is 0 Å². The number of nitrogen functional groups attached to an aromatic ring is 1. The number of aromatic nitrogens is 5. The molecule has 0 aromatic carbocycles. The highest BCUT2D eigenvalue weighted by Gasteiger charge is 2.19. The average Bonchev–Trinajstić information content (AvgIpc) is 2.99.